The molecule has 2 nitrogen and oxygen atoms in total. The topological polar surface area (TPSA) is 29.1 Å². The molecule has 0 bridgehead atoms. The van der Waals surface area contributed by atoms with E-state index in [1.807, 2.05) is 13.8 Å². The van der Waals surface area contributed by atoms with Crippen molar-refractivity contribution < 1.29 is 4.79 Å². The lowest BCUT2D eigenvalue weighted by Crippen LogP contribution is -2.36. The second-order valence-electron chi connectivity index (χ2n) is 6.12. The predicted molar refractivity (Wildman–Crippen MR) is 85.8 cm³/mol. The number of benzene rings is 2. The van der Waals surface area contributed by atoms with E-state index in [-0.39, 0.29) is 11.9 Å². The molecule has 0 aromatic heterocycles. The number of aryl methyl sites for hydroxylation is 3. The predicted octanol–water partition coefficient (Wildman–Crippen LogP) is 3.51. The van der Waals surface area contributed by atoms with E-state index < -0.39 is 0 Å². The third-order valence-electron chi connectivity index (χ3n) is 4.29. The molecule has 0 aliphatic heterocycles. The van der Waals surface area contributed by atoms with Crippen LogP contribution in [0, 0.1) is 20.8 Å². The minimum Gasteiger partial charge on any atom is -0.349 e. The van der Waals surface area contributed by atoms with Gasteiger partial charge in [0.2, 0.25) is 0 Å². The molecule has 1 N–H and O–H groups in total. The summed E-state index contributed by atoms with van der Waals surface area (Å²) in [6, 6.07) is 12.8. The molecule has 2 aromatic rings. The van der Waals surface area contributed by atoms with Crippen LogP contribution in [-0.2, 0) is 12.8 Å². The smallest absolute Gasteiger partial charge is 0.252 e. The Bertz CT molecular complexity index is 654. The van der Waals surface area contributed by atoms with Crippen LogP contribution in [0.2, 0.25) is 0 Å². The van der Waals surface area contributed by atoms with E-state index in [0.717, 1.165) is 29.5 Å². The Morgan fingerprint density at radius 1 is 1.00 bits per heavy atom. The zero-order valence-electron chi connectivity index (χ0n) is 12.9. The molecule has 21 heavy (non-hydrogen) atoms. The van der Waals surface area contributed by atoms with Gasteiger partial charge in [-0.05, 0) is 55.9 Å². The summed E-state index contributed by atoms with van der Waals surface area (Å²) in [6.07, 6.45) is 1.87. The summed E-state index contributed by atoms with van der Waals surface area (Å²) in [7, 11) is 0. The Hall–Kier alpha value is -2.09. The van der Waals surface area contributed by atoms with Gasteiger partial charge in [0.25, 0.3) is 5.91 Å². The maximum Gasteiger partial charge on any atom is 0.252 e. The van der Waals surface area contributed by atoms with Gasteiger partial charge in [-0.25, -0.2) is 0 Å². The van der Waals surface area contributed by atoms with Crippen molar-refractivity contribution in [1.82, 2.24) is 5.32 Å². The van der Waals surface area contributed by atoms with Gasteiger partial charge in [-0.1, -0.05) is 42.0 Å². The molecule has 1 aliphatic rings. The van der Waals surface area contributed by atoms with Crippen molar-refractivity contribution in [1.29, 1.82) is 0 Å². The first-order valence-electron chi connectivity index (χ1n) is 7.50. The van der Waals surface area contributed by atoms with Crippen LogP contribution in [0.15, 0.2) is 36.4 Å². The Labute approximate surface area is 126 Å². The van der Waals surface area contributed by atoms with Gasteiger partial charge < -0.3 is 5.32 Å². The second kappa shape index (κ2) is 5.36. The van der Waals surface area contributed by atoms with Crippen LogP contribution in [0.4, 0.5) is 0 Å². The molecular formula is C19H21NO. The van der Waals surface area contributed by atoms with Crippen molar-refractivity contribution in [3.63, 3.8) is 0 Å². The summed E-state index contributed by atoms with van der Waals surface area (Å²) < 4.78 is 0. The highest BCUT2D eigenvalue weighted by Gasteiger charge is 2.23. The SMILES string of the molecule is Cc1cc(C)c(C(=O)NC2Cc3ccccc3C2)c(C)c1. The van der Waals surface area contributed by atoms with Crippen LogP contribution in [0.3, 0.4) is 0 Å². The van der Waals surface area contributed by atoms with Gasteiger partial charge in [0, 0.05) is 11.6 Å². The Balaban J connectivity index is 1.77. The van der Waals surface area contributed by atoms with Gasteiger partial charge in [0.15, 0.2) is 0 Å². The summed E-state index contributed by atoms with van der Waals surface area (Å²) >= 11 is 0. The zero-order chi connectivity index (χ0) is 15.0. The number of fused-ring (bicyclic) bond motifs is 1. The summed E-state index contributed by atoms with van der Waals surface area (Å²) in [6.45, 7) is 6.09. The minimum atomic E-state index is 0.0582. The molecule has 2 aromatic carbocycles. The number of nitrogens with one attached hydrogen (secondary N) is 1. The molecule has 0 spiro atoms. The number of amides is 1. The molecular weight excluding hydrogens is 258 g/mol. The van der Waals surface area contributed by atoms with E-state index in [1.54, 1.807) is 0 Å². The molecule has 1 aliphatic carbocycles. The van der Waals surface area contributed by atoms with Crippen LogP contribution >= 0.6 is 0 Å². The molecule has 0 heterocycles. The fraction of sp³-hybridized carbons (Fsp3) is 0.316. The molecule has 0 fully saturated rings. The first kappa shape index (κ1) is 13.9. The summed E-state index contributed by atoms with van der Waals surface area (Å²) in [5.41, 5.74) is 6.87. The monoisotopic (exact) mass is 279 g/mol. The average Bonchev–Trinajstić information content (AvgIpc) is 2.79. The third kappa shape index (κ3) is 2.71. The van der Waals surface area contributed by atoms with Crippen molar-refractivity contribution in [2.24, 2.45) is 0 Å². The Morgan fingerprint density at radius 2 is 1.52 bits per heavy atom. The summed E-state index contributed by atoms with van der Waals surface area (Å²) in [5.74, 6) is 0.0582. The summed E-state index contributed by atoms with van der Waals surface area (Å²) in [4.78, 5) is 12.6. The molecule has 0 atom stereocenters. The summed E-state index contributed by atoms with van der Waals surface area (Å²) in [5, 5.41) is 3.20. The zero-order valence-corrected chi connectivity index (χ0v) is 12.9. The first-order chi connectivity index (χ1) is 10.0. The largest absolute Gasteiger partial charge is 0.349 e. The second-order valence-corrected chi connectivity index (χ2v) is 6.12. The number of hydrogen-bond acceptors (Lipinski definition) is 1. The highest BCUT2D eigenvalue weighted by atomic mass is 16.1. The van der Waals surface area contributed by atoms with Crippen molar-refractivity contribution in [2.45, 2.75) is 39.7 Å². The van der Waals surface area contributed by atoms with E-state index in [4.69, 9.17) is 0 Å². The lowest BCUT2D eigenvalue weighted by atomic mass is 9.99. The Kier molecular flexibility index (Phi) is 3.54. The van der Waals surface area contributed by atoms with Gasteiger partial charge in [-0.2, -0.15) is 0 Å². The van der Waals surface area contributed by atoms with E-state index in [9.17, 15) is 4.79 Å². The van der Waals surface area contributed by atoms with Crippen molar-refractivity contribution in [3.8, 4) is 0 Å². The normalized spacial score (nSPS) is 14.0. The van der Waals surface area contributed by atoms with Gasteiger partial charge in [-0.3, -0.25) is 4.79 Å². The molecule has 1 amide bonds. The highest BCUT2D eigenvalue weighted by molar-refractivity contribution is 5.97. The van der Waals surface area contributed by atoms with Crippen LogP contribution in [0.5, 0.6) is 0 Å². The number of hydrogen-bond donors (Lipinski definition) is 1. The molecule has 0 unspecified atom stereocenters. The van der Waals surface area contributed by atoms with Gasteiger partial charge in [0.1, 0.15) is 0 Å². The van der Waals surface area contributed by atoms with E-state index in [2.05, 4.69) is 48.6 Å². The van der Waals surface area contributed by atoms with Gasteiger partial charge in [0.05, 0.1) is 0 Å². The van der Waals surface area contributed by atoms with Crippen LogP contribution in [0.1, 0.15) is 38.2 Å². The first-order valence-corrected chi connectivity index (χ1v) is 7.50. The quantitative estimate of drug-likeness (QED) is 0.895. The molecule has 3 rings (SSSR count). The van der Waals surface area contributed by atoms with E-state index >= 15 is 0 Å². The van der Waals surface area contributed by atoms with Crippen LogP contribution in [-0.4, -0.2) is 11.9 Å². The van der Waals surface area contributed by atoms with E-state index in [1.165, 1.54) is 16.7 Å². The molecule has 0 saturated heterocycles. The molecule has 108 valence electrons. The molecule has 0 radical (unpaired) electrons. The van der Waals surface area contributed by atoms with Crippen molar-refractivity contribution in [3.05, 3.63) is 69.8 Å². The van der Waals surface area contributed by atoms with Gasteiger partial charge in [-0.15, -0.1) is 0 Å². The lowest BCUT2D eigenvalue weighted by molar-refractivity contribution is 0.0937. The third-order valence-corrected chi connectivity index (χ3v) is 4.29. The number of rotatable bonds is 2. The highest BCUT2D eigenvalue weighted by Crippen LogP contribution is 2.23. The fourth-order valence-corrected chi connectivity index (χ4v) is 3.46. The van der Waals surface area contributed by atoms with Crippen LogP contribution < -0.4 is 5.32 Å². The van der Waals surface area contributed by atoms with Gasteiger partial charge >= 0.3 is 0 Å². The average molecular weight is 279 g/mol. The maximum absolute atomic E-state index is 12.6. The fourth-order valence-electron chi connectivity index (χ4n) is 3.46. The maximum atomic E-state index is 12.6. The molecule has 0 saturated carbocycles. The minimum absolute atomic E-state index is 0.0582. The standard InChI is InChI=1S/C19H21NO/c1-12-8-13(2)18(14(3)9-12)19(21)20-17-10-15-6-4-5-7-16(15)11-17/h4-9,17H,10-11H2,1-3H3,(H,20,21). The number of carbonyl (C=O) groups excluding carboxylic acids is 1. The number of carbonyl (C=O) groups is 1. The molecule has 2 heteroatoms. The van der Waals surface area contributed by atoms with E-state index in [0.29, 0.717) is 0 Å². The lowest BCUT2D eigenvalue weighted by Gasteiger charge is -2.15. The van der Waals surface area contributed by atoms with Crippen molar-refractivity contribution in [2.75, 3.05) is 0 Å². The van der Waals surface area contributed by atoms with Crippen molar-refractivity contribution >= 4 is 5.91 Å². The Morgan fingerprint density at radius 3 is 2.05 bits per heavy atom. The van der Waals surface area contributed by atoms with Crippen LogP contribution in [0.25, 0.3) is 0 Å².